The number of hydrogen-bond acceptors (Lipinski definition) is 13. The number of H-pyrrole nitrogens is 1. The molecule has 24 nitrogen and oxygen atoms in total. The van der Waals surface area contributed by atoms with E-state index < -0.39 is 120 Å². The number of allylic oxidation sites excluding steroid dienone is 1. The van der Waals surface area contributed by atoms with Crippen LogP contribution in [0.3, 0.4) is 0 Å². The number of Topliss-reactive ketones (excluding diaryl/α,β-unsaturated/α-hetero) is 3. The lowest BCUT2D eigenvalue weighted by atomic mass is 9.99. The molecule has 24 heteroatoms. The number of amides is 8. The molecule has 0 spiro atoms. The molecule has 426 valence electrons. The first-order chi connectivity index (χ1) is 38.4. The van der Waals surface area contributed by atoms with E-state index in [0.717, 1.165) is 17.8 Å². The number of nitrogens with one attached hydrogen (secondary N) is 7. The van der Waals surface area contributed by atoms with Gasteiger partial charge in [-0.05, 0) is 75.5 Å². The summed E-state index contributed by atoms with van der Waals surface area (Å²) in [7, 11) is 0. The summed E-state index contributed by atoms with van der Waals surface area (Å²) in [5.41, 5.74) is 13.6. The van der Waals surface area contributed by atoms with Gasteiger partial charge in [0, 0.05) is 94.1 Å². The highest BCUT2D eigenvalue weighted by molar-refractivity contribution is 6.37. The number of fused-ring (bicyclic) bond motifs is 1. The van der Waals surface area contributed by atoms with Gasteiger partial charge < -0.3 is 58.2 Å². The van der Waals surface area contributed by atoms with Gasteiger partial charge in [-0.3, -0.25) is 62.7 Å². The van der Waals surface area contributed by atoms with Crippen molar-refractivity contribution in [2.75, 3.05) is 19.6 Å². The summed E-state index contributed by atoms with van der Waals surface area (Å²) >= 11 is 0. The van der Waals surface area contributed by atoms with Crippen molar-refractivity contribution in [3.63, 3.8) is 0 Å². The van der Waals surface area contributed by atoms with Crippen LogP contribution in [0.4, 0.5) is 0 Å². The van der Waals surface area contributed by atoms with Crippen LogP contribution in [0, 0.1) is 0 Å². The van der Waals surface area contributed by atoms with E-state index in [2.05, 4.69) is 46.9 Å². The molecule has 3 fully saturated rings. The molecule has 8 amide bonds. The van der Waals surface area contributed by atoms with Gasteiger partial charge in [0.25, 0.3) is 0 Å². The van der Waals surface area contributed by atoms with E-state index in [-0.39, 0.29) is 76.2 Å². The predicted octanol–water partition coefficient (Wildman–Crippen LogP) is -0.0329. The summed E-state index contributed by atoms with van der Waals surface area (Å²) in [6, 6.07) is 5.49. The van der Waals surface area contributed by atoms with E-state index in [1.165, 1.54) is 16.7 Å². The van der Waals surface area contributed by atoms with Gasteiger partial charge in [0.1, 0.15) is 42.3 Å². The maximum atomic E-state index is 15.1. The molecule has 2 aromatic carbocycles. The van der Waals surface area contributed by atoms with Crippen LogP contribution in [0.5, 0.6) is 0 Å². The summed E-state index contributed by atoms with van der Waals surface area (Å²) in [5.74, 6) is -8.60. The van der Waals surface area contributed by atoms with Crippen molar-refractivity contribution >= 4 is 87.7 Å². The van der Waals surface area contributed by atoms with E-state index >= 15 is 4.79 Å². The molecule has 1 aromatic heterocycles. The molecule has 8 atom stereocenters. The Bertz CT molecular complexity index is 2930. The first-order valence-corrected chi connectivity index (χ1v) is 27.2. The van der Waals surface area contributed by atoms with Crippen molar-refractivity contribution in [2.45, 2.75) is 152 Å². The minimum atomic E-state index is -1.65. The molecule has 0 aliphatic carbocycles. The summed E-state index contributed by atoms with van der Waals surface area (Å²) in [4.78, 5) is 170. The van der Waals surface area contributed by atoms with Crippen molar-refractivity contribution in [1.82, 2.24) is 46.7 Å². The maximum Gasteiger partial charge on any atom is 0.245 e. The smallest absolute Gasteiger partial charge is 0.245 e. The Morgan fingerprint density at radius 1 is 0.675 bits per heavy atom. The Morgan fingerprint density at radius 2 is 1.29 bits per heavy atom. The number of carbonyl (C=O) groups excluding carboxylic acids is 11. The topological polar surface area (TPSA) is 359 Å². The summed E-state index contributed by atoms with van der Waals surface area (Å²) in [5, 5.41) is 16.9. The molecule has 0 saturated carbocycles. The van der Waals surface area contributed by atoms with Gasteiger partial charge >= 0.3 is 0 Å². The van der Waals surface area contributed by atoms with Crippen LogP contribution in [-0.4, -0.2) is 160 Å². The van der Waals surface area contributed by atoms with Crippen molar-refractivity contribution in [3.05, 3.63) is 83.7 Å². The highest BCUT2D eigenvalue weighted by Crippen LogP contribution is 2.27. The van der Waals surface area contributed by atoms with Crippen LogP contribution >= 0.6 is 0 Å². The number of ketones is 3. The lowest BCUT2D eigenvalue weighted by molar-refractivity contribution is -0.147. The van der Waals surface area contributed by atoms with E-state index in [1.807, 2.05) is 18.2 Å². The minimum Gasteiger partial charge on any atom is -0.370 e. The number of guanidine groups is 1. The average molecular weight is 1100 g/mol. The van der Waals surface area contributed by atoms with Gasteiger partial charge in [0.05, 0.1) is 6.04 Å². The third-order valence-electron chi connectivity index (χ3n) is 14.7. The second kappa shape index (κ2) is 27.8. The Morgan fingerprint density at radius 3 is 1.96 bits per heavy atom. The van der Waals surface area contributed by atoms with Crippen molar-refractivity contribution in [1.29, 1.82) is 0 Å². The Balaban J connectivity index is 1.28. The number of aliphatic imine (C=N–C) groups is 2. The number of likely N-dealkylation sites (tertiary alicyclic amines) is 2. The molecule has 3 saturated heterocycles. The minimum absolute atomic E-state index is 0.0374. The molecule has 0 unspecified atom stereocenters. The summed E-state index contributed by atoms with van der Waals surface area (Å²) in [6.07, 6.45) is 5.12. The van der Waals surface area contributed by atoms with E-state index in [0.29, 0.717) is 49.1 Å². The van der Waals surface area contributed by atoms with Crippen molar-refractivity contribution < 1.29 is 52.7 Å². The number of carbonyl (C=O) groups is 11. The quantitative estimate of drug-likeness (QED) is 0.0444. The van der Waals surface area contributed by atoms with Gasteiger partial charge in [-0.1, -0.05) is 54.6 Å². The van der Waals surface area contributed by atoms with Crippen LogP contribution in [0.25, 0.3) is 10.9 Å². The van der Waals surface area contributed by atoms with Crippen molar-refractivity contribution in [2.24, 2.45) is 21.5 Å². The first-order valence-electron chi connectivity index (χ1n) is 27.2. The number of nitrogens with two attached hydrogens (primary N) is 2. The highest BCUT2D eigenvalue weighted by atomic mass is 16.2. The van der Waals surface area contributed by atoms with Gasteiger partial charge in [0.2, 0.25) is 53.0 Å². The van der Waals surface area contributed by atoms with Crippen LogP contribution in [-0.2, 0) is 65.6 Å². The highest BCUT2D eigenvalue weighted by Gasteiger charge is 2.44. The fourth-order valence-corrected chi connectivity index (χ4v) is 10.6. The molecule has 0 bridgehead atoms. The molecule has 0 radical (unpaired) electrons. The van der Waals surface area contributed by atoms with Gasteiger partial charge in [-0.15, -0.1) is 0 Å². The fourth-order valence-electron chi connectivity index (χ4n) is 10.6. The number of hydrogen-bond donors (Lipinski definition) is 9. The number of rotatable bonds is 14. The van der Waals surface area contributed by atoms with Crippen LogP contribution in [0.15, 0.2) is 82.6 Å². The Kier molecular flexibility index (Phi) is 20.6. The predicted molar refractivity (Wildman–Crippen MR) is 294 cm³/mol. The van der Waals surface area contributed by atoms with Crippen LogP contribution < -0.4 is 43.4 Å². The SMILES string of the molecule is CC(=O)N[C@H]1CC(=O)C(=O)CCC[C@@H](C(=O)N2CCC[C@H]2C(=O)N2CCC[C@H]2C(C)=O)NC(=O)[C@H](Cc2c[nH]c3ccccc23)NC(=O)[C@H](CCCN=C(N)N)NC(=O)[C@@H](Cc2ccccc2)NC(=O)[C@H](CC2=CCC=N2)NC1=O. The lowest BCUT2D eigenvalue weighted by Crippen LogP contribution is -2.61. The molecule has 7 rings (SSSR count). The third kappa shape index (κ3) is 15.8. The van der Waals surface area contributed by atoms with Crippen molar-refractivity contribution in [3.8, 4) is 0 Å². The largest absolute Gasteiger partial charge is 0.370 e. The van der Waals surface area contributed by atoms with Gasteiger partial charge in [-0.25, -0.2) is 0 Å². The van der Waals surface area contributed by atoms with Gasteiger partial charge in [-0.2, -0.15) is 0 Å². The third-order valence-corrected chi connectivity index (χ3v) is 14.7. The molecular formula is C56H71N13O11. The lowest BCUT2D eigenvalue weighted by Gasteiger charge is -2.33. The van der Waals surface area contributed by atoms with E-state index in [4.69, 9.17) is 11.5 Å². The second-order valence-electron chi connectivity index (χ2n) is 20.6. The Labute approximate surface area is 462 Å². The van der Waals surface area contributed by atoms with Gasteiger partial charge in [0.15, 0.2) is 17.5 Å². The molecule has 4 aliphatic heterocycles. The van der Waals surface area contributed by atoms with Crippen LogP contribution in [0.2, 0.25) is 0 Å². The fraction of sp³-hybridized carbons (Fsp3) is 0.482. The molecular weight excluding hydrogens is 1030 g/mol. The number of benzene rings is 2. The summed E-state index contributed by atoms with van der Waals surface area (Å²) < 4.78 is 0. The average Bonchev–Trinajstić information content (AvgIpc) is 4.29. The molecule has 11 N–H and O–H groups in total. The van der Waals surface area contributed by atoms with Crippen LogP contribution in [0.1, 0.15) is 102 Å². The normalized spacial score (nSPS) is 24.8. The number of aromatic amines is 1. The molecule has 4 aliphatic rings. The molecule has 80 heavy (non-hydrogen) atoms. The second-order valence-corrected chi connectivity index (χ2v) is 20.6. The zero-order valence-electron chi connectivity index (χ0n) is 45.0. The maximum absolute atomic E-state index is 15.1. The molecule has 3 aromatic rings. The number of nitrogens with zero attached hydrogens (tertiary/aromatic N) is 4. The Hall–Kier alpha value is -8.57. The zero-order valence-corrected chi connectivity index (χ0v) is 45.0. The first kappa shape index (κ1) is 59.1. The number of para-hydroxylation sites is 1. The van der Waals surface area contributed by atoms with E-state index in [9.17, 15) is 47.9 Å². The summed E-state index contributed by atoms with van der Waals surface area (Å²) in [6.45, 7) is 3.00. The standard InChI is InChI=1S/C56H71N13O11/c1-32(70)45-20-11-25-68(45)55(80)46-21-12-26-69(46)54(79)40-18-8-22-47(72)48(73)30-44(62-33(2)71)53(78)67-43(29-36-15-9-23-59-36)52(77)65-41(27-34-13-4-3-5-14-34)50(75)63-39(19-10-24-60-56(57)58)49(74)66-42(51(76)64-40)28-35-31-61-38-17-7-6-16-37(35)38/h3-7,13-17,23,31,39-46,61H,8-12,18-22,24-30H2,1-2H3,(H,62,71)(H,63,75)(H,64,76)(H,65,77)(H,66,74)(H,67,78)(H4,57,58,60)/t39-,40-,41+,42-,43-,44-,45-,46-/m0/s1. The number of aromatic nitrogens is 1. The van der Waals surface area contributed by atoms with E-state index in [1.54, 1.807) is 54.9 Å². The monoisotopic (exact) mass is 1100 g/mol. The zero-order chi connectivity index (χ0) is 57.5. The molecule has 5 heterocycles.